The highest BCUT2D eigenvalue weighted by Crippen LogP contribution is 2.31. The van der Waals surface area contributed by atoms with Crippen LogP contribution in [0.2, 0.25) is 5.02 Å². The molecule has 0 aliphatic carbocycles. The van der Waals surface area contributed by atoms with Gasteiger partial charge in [-0.25, -0.2) is 14.6 Å². The van der Waals surface area contributed by atoms with Crippen LogP contribution in [0.5, 0.6) is 0 Å². The van der Waals surface area contributed by atoms with Gasteiger partial charge >= 0.3 is 6.18 Å². The van der Waals surface area contributed by atoms with E-state index in [1.807, 2.05) is 0 Å². The first kappa shape index (κ1) is 16.4. The lowest BCUT2D eigenvalue weighted by Gasteiger charge is -2.11. The van der Waals surface area contributed by atoms with E-state index in [0.717, 1.165) is 6.07 Å². The number of nitrogens with zero attached hydrogens (tertiary/aromatic N) is 4. The van der Waals surface area contributed by atoms with Crippen LogP contribution >= 0.6 is 11.6 Å². The fraction of sp³-hybridized carbons (Fsp3) is 0.188. The predicted octanol–water partition coefficient (Wildman–Crippen LogP) is 4.62. The van der Waals surface area contributed by atoms with Gasteiger partial charge in [0.25, 0.3) is 5.95 Å². The van der Waals surface area contributed by atoms with Crippen molar-refractivity contribution in [2.45, 2.75) is 20.0 Å². The molecular formula is C16H12ClF3N4. The largest absolute Gasteiger partial charge is 0.433 e. The molecule has 0 atom stereocenters. The summed E-state index contributed by atoms with van der Waals surface area (Å²) in [5, 5.41) is 4.50. The molecule has 0 aliphatic rings. The molecule has 0 spiro atoms. The van der Waals surface area contributed by atoms with Gasteiger partial charge in [-0.15, -0.1) is 0 Å². The first-order chi connectivity index (χ1) is 11.3. The lowest BCUT2D eigenvalue weighted by Crippen LogP contribution is -2.14. The molecule has 3 rings (SSSR count). The number of rotatable bonds is 2. The van der Waals surface area contributed by atoms with Crippen molar-refractivity contribution in [2.24, 2.45) is 0 Å². The van der Waals surface area contributed by atoms with Crippen LogP contribution in [0.1, 0.15) is 17.1 Å². The van der Waals surface area contributed by atoms with Crippen molar-refractivity contribution in [1.82, 2.24) is 19.7 Å². The maximum atomic E-state index is 13.2. The van der Waals surface area contributed by atoms with Crippen LogP contribution in [0.3, 0.4) is 0 Å². The lowest BCUT2D eigenvalue weighted by molar-refractivity contribution is -0.141. The Balaban J connectivity index is 2.24. The SMILES string of the molecule is Cc1nn(-c2nc(-c3ccccc3)cc(C(F)(F)F)n2)c(C)c1Cl. The second kappa shape index (κ2) is 5.90. The maximum absolute atomic E-state index is 13.2. The van der Waals surface area contributed by atoms with Crippen LogP contribution in [0.25, 0.3) is 17.2 Å². The van der Waals surface area contributed by atoms with Crippen LogP contribution < -0.4 is 0 Å². The molecule has 0 saturated heterocycles. The molecule has 0 radical (unpaired) electrons. The number of aryl methyl sites for hydroxylation is 1. The molecule has 124 valence electrons. The molecule has 3 aromatic rings. The summed E-state index contributed by atoms with van der Waals surface area (Å²) in [6.45, 7) is 3.31. The van der Waals surface area contributed by atoms with E-state index in [-0.39, 0.29) is 11.6 Å². The number of hydrogen-bond acceptors (Lipinski definition) is 3. The van der Waals surface area contributed by atoms with Gasteiger partial charge in [0.05, 0.1) is 22.1 Å². The summed E-state index contributed by atoms with van der Waals surface area (Å²) in [5.74, 6) is -0.170. The van der Waals surface area contributed by atoms with E-state index in [9.17, 15) is 13.2 Å². The molecule has 0 saturated carbocycles. The van der Waals surface area contributed by atoms with Gasteiger partial charge in [-0.2, -0.15) is 18.3 Å². The standard InChI is InChI=1S/C16H12ClF3N4/c1-9-14(17)10(2)24(23-9)15-21-12(11-6-4-3-5-7-11)8-13(22-15)16(18,19)20/h3-8H,1-2H3. The Labute approximate surface area is 140 Å². The first-order valence-electron chi connectivity index (χ1n) is 7.01. The van der Waals surface area contributed by atoms with Gasteiger partial charge in [-0.1, -0.05) is 41.9 Å². The monoisotopic (exact) mass is 352 g/mol. The third kappa shape index (κ3) is 2.99. The molecule has 2 heterocycles. The molecule has 0 bridgehead atoms. The van der Waals surface area contributed by atoms with Crippen molar-refractivity contribution in [3.63, 3.8) is 0 Å². The zero-order chi connectivity index (χ0) is 17.5. The third-order valence-corrected chi connectivity index (χ3v) is 4.01. The fourth-order valence-corrected chi connectivity index (χ4v) is 2.37. The lowest BCUT2D eigenvalue weighted by atomic mass is 10.1. The van der Waals surface area contributed by atoms with Crippen LogP contribution in [0.4, 0.5) is 13.2 Å². The van der Waals surface area contributed by atoms with Gasteiger partial charge in [0.15, 0.2) is 5.69 Å². The molecule has 0 amide bonds. The van der Waals surface area contributed by atoms with Gasteiger partial charge in [0, 0.05) is 5.56 Å². The topological polar surface area (TPSA) is 43.6 Å². The molecule has 0 unspecified atom stereocenters. The van der Waals surface area contributed by atoms with Gasteiger partial charge in [0.1, 0.15) is 0 Å². The number of alkyl halides is 3. The summed E-state index contributed by atoms with van der Waals surface area (Å²) in [5.41, 5.74) is 0.662. The first-order valence-corrected chi connectivity index (χ1v) is 7.39. The molecule has 0 aliphatic heterocycles. The summed E-state index contributed by atoms with van der Waals surface area (Å²) in [6, 6.07) is 9.51. The number of aromatic nitrogens is 4. The second-order valence-corrected chi connectivity index (χ2v) is 5.58. The van der Waals surface area contributed by atoms with Gasteiger partial charge < -0.3 is 0 Å². The number of hydrogen-bond donors (Lipinski definition) is 0. The normalized spacial score (nSPS) is 11.8. The van der Waals surface area contributed by atoms with E-state index >= 15 is 0 Å². The Kier molecular flexibility index (Phi) is 4.04. The van der Waals surface area contributed by atoms with E-state index in [0.29, 0.717) is 22.0 Å². The summed E-state index contributed by atoms with van der Waals surface area (Å²) in [4.78, 5) is 7.85. The maximum Gasteiger partial charge on any atom is 0.433 e. The Morgan fingerprint density at radius 1 is 1.04 bits per heavy atom. The van der Waals surface area contributed by atoms with E-state index < -0.39 is 11.9 Å². The molecule has 0 N–H and O–H groups in total. The highest BCUT2D eigenvalue weighted by atomic mass is 35.5. The highest BCUT2D eigenvalue weighted by Gasteiger charge is 2.34. The fourth-order valence-electron chi connectivity index (χ4n) is 2.25. The Hall–Kier alpha value is -2.41. The van der Waals surface area contributed by atoms with Gasteiger partial charge in [0.2, 0.25) is 0 Å². The Morgan fingerprint density at radius 3 is 2.25 bits per heavy atom. The van der Waals surface area contributed by atoms with Crippen LogP contribution in [-0.4, -0.2) is 19.7 Å². The summed E-state index contributed by atoms with van der Waals surface area (Å²) in [6.07, 6.45) is -4.60. The van der Waals surface area contributed by atoms with Gasteiger partial charge in [-0.05, 0) is 19.9 Å². The molecular weight excluding hydrogens is 341 g/mol. The molecule has 8 heteroatoms. The van der Waals surface area contributed by atoms with Crippen molar-refractivity contribution >= 4 is 11.6 Å². The van der Waals surface area contributed by atoms with E-state index in [4.69, 9.17) is 11.6 Å². The van der Waals surface area contributed by atoms with Crippen LogP contribution in [-0.2, 0) is 6.18 Å². The Morgan fingerprint density at radius 2 is 1.71 bits per heavy atom. The zero-order valence-corrected chi connectivity index (χ0v) is 13.5. The zero-order valence-electron chi connectivity index (χ0n) is 12.8. The average molecular weight is 353 g/mol. The minimum atomic E-state index is -4.60. The van der Waals surface area contributed by atoms with Crippen LogP contribution in [0, 0.1) is 13.8 Å². The molecule has 1 aromatic carbocycles. The van der Waals surface area contributed by atoms with Crippen molar-refractivity contribution < 1.29 is 13.2 Å². The Bertz CT molecular complexity index is 888. The van der Waals surface area contributed by atoms with E-state index in [1.165, 1.54) is 4.68 Å². The molecule has 24 heavy (non-hydrogen) atoms. The highest BCUT2D eigenvalue weighted by molar-refractivity contribution is 6.31. The van der Waals surface area contributed by atoms with Gasteiger partial charge in [-0.3, -0.25) is 0 Å². The second-order valence-electron chi connectivity index (χ2n) is 5.20. The minimum absolute atomic E-state index is 0.164. The smallest absolute Gasteiger partial charge is 0.211 e. The average Bonchev–Trinajstić information content (AvgIpc) is 2.82. The van der Waals surface area contributed by atoms with Crippen LogP contribution in [0.15, 0.2) is 36.4 Å². The minimum Gasteiger partial charge on any atom is -0.211 e. The third-order valence-electron chi connectivity index (χ3n) is 3.47. The van der Waals surface area contributed by atoms with Crippen molar-refractivity contribution in [1.29, 1.82) is 0 Å². The quantitative estimate of drug-likeness (QED) is 0.676. The van der Waals surface area contributed by atoms with Crippen molar-refractivity contribution in [3.8, 4) is 17.2 Å². The molecule has 2 aromatic heterocycles. The number of benzene rings is 1. The summed E-state index contributed by atoms with van der Waals surface area (Å²) in [7, 11) is 0. The summed E-state index contributed by atoms with van der Waals surface area (Å²) < 4.78 is 40.9. The number of halogens is 4. The van der Waals surface area contributed by atoms with E-state index in [2.05, 4.69) is 15.1 Å². The molecule has 4 nitrogen and oxygen atoms in total. The van der Waals surface area contributed by atoms with Crippen molar-refractivity contribution in [2.75, 3.05) is 0 Å². The predicted molar refractivity (Wildman–Crippen MR) is 84.1 cm³/mol. The summed E-state index contributed by atoms with van der Waals surface area (Å²) >= 11 is 6.07. The van der Waals surface area contributed by atoms with E-state index in [1.54, 1.807) is 44.2 Å². The molecule has 0 fully saturated rings. The van der Waals surface area contributed by atoms with Crippen molar-refractivity contribution in [3.05, 3.63) is 58.5 Å².